The van der Waals surface area contributed by atoms with Gasteiger partial charge in [0.2, 0.25) is 0 Å². The average Bonchev–Trinajstić information content (AvgIpc) is 3.44. The van der Waals surface area contributed by atoms with Crippen LogP contribution in [0.5, 0.6) is 0 Å². The van der Waals surface area contributed by atoms with Crippen LogP contribution in [0.3, 0.4) is 0 Å². The van der Waals surface area contributed by atoms with Gasteiger partial charge in [0.1, 0.15) is 0 Å². The molecule has 1 unspecified atom stereocenters. The zero-order valence-electron chi connectivity index (χ0n) is 20.5. The van der Waals surface area contributed by atoms with E-state index in [1.54, 1.807) is 7.11 Å². The minimum Gasteiger partial charge on any atom is -0.383 e. The highest BCUT2D eigenvalue weighted by molar-refractivity contribution is 5.83. The first-order chi connectivity index (χ1) is 15.9. The van der Waals surface area contributed by atoms with Crippen LogP contribution in [0, 0.1) is 19.8 Å². The number of benzene rings is 1. The number of pyridine rings is 1. The van der Waals surface area contributed by atoms with Gasteiger partial charge in [-0.15, -0.1) is 5.10 Å². The van der Waals surface area contributed by atoms with Crippen LogP contribution in [0.15, 0.2) is 23.0 Å². The van der Waals surface area contributed by atoms with Crippen LogP contribution in [0.25, 0.3) is 10.9 Å². The molecule has 1 aromatic carbocycles. The van der Waals surface area contributed by atoms with E-state index >= 15 is 0 Å². The summed E-state index contributed by atoms with van der Waals surface area (Å²) in [5.41, 5.74) is 4.01. The summed E-state index contributed by atoms with van der Waals surface area (Å²) >= 11 is 0. The van der Waals surface area contributed by atoms with Crippen molar-refractivity contribution >= 4 is 10.9 Å². The number of aromatic amines is 1. The quantitative estimate of drug-likeness (QED) is 0.529. The fourth-order valence-corrected chi connectivity index (χ4v) is 5.31. The Kier molecular flexibility index (Phi) is 7.24. The van der Waals surface area contributed by atoms with Gasteiger partial charge in [0.25, 0.3) is 5.56 Å². The summed E-state index contributed by atoms with van der Waals surface area (Å²) in [7, 11) is 1.68. The second-order valence-electron chi connectivity index (χ2n) is 9.72. The van der Waals surface area contributed by atoms with E-state index in [-0.39, 0.29) is 17.5 Å². The number of hydrogen-bond acceptors (Lipinski definition) is 6. The molecule has 1 fully saturated rings. The van der Waals surface area contributed by atoms with Crippen molar-refractivity contribution in [1.29, 1.82) is 0 Å². The van der Waals surface area contributed by atoms with Crippen LogP contribution in [-0.2, 0) is 17.8 Å². The molecule has 33 heavy (non-hydrogen) atoms. The highest BCUT2D eigenvalue weighted by Gasteiger charge is 2.35. The van der Waals surface area contributed by atoms with Gasteiger partial charge < -0.3 is 9.72 Å². The molecule has 1 atom stereocenters. The Balaban J connectivity index is 1.75. The Morgan fingerprint density at radius 3 is 2.67 bits per heavy atom. The van der Waals surface area contributed by atoms with Gasteiger partial charge in [0.05, 0.1) is 19.2 Å². The van der Waals surface area contributed by atoms with Crippen molar-refractivity contribution in [2.75, 3.05) is 13.7 Å². The molecule has 0 amide bonds. The summed E-state index contributed by atoms with van der Waals surface area (Å²) < 4.78 is 7.12. The Morgan fingerprint density at radius 1 is 1.21 bits per heavy atom. The number of ether oxygens (including phenoxy) is 1. The zero-order valence-corrected chi connectivity index (χ0v) is 20.5. The number of nitrogens with one attached hydrogen (secondary N) is 1. The smallest absolute Gasteiger partial charge is 0.252 e. The lowest BCUT2D eigenvalue weighted by molar-refractivity contribution is 0.0822. The third-order valence-electron chi connectivity index (χ3n) is 6.86. The van der Waals surface area contributed by atoms with Crippen molar-refractivity contribution in [3.05, 3.63) is 51.1 Å². The molecule has 0 spiro atoms. The van der Waals surface area contributed by atoms with Crippen LogP contribution in [0.4, 0.5) is 0 Å². The van der Waals surface area contributed by atoms with E-state index < -0.39 is 0 Å². The van der Waals surface area contributed by atoms with Gasteiger partial charge in [-0.05, 0) is 66.3 Å². The molecule has 0 aliphatic heterocycles. The summed E-state index contributed by atoms with van der Waals surface area (Å²) in [5.74, 6) is 1.12. The van der Waals surface area contributed by atoms with Crippen molar-refractivity contribution in [3.63, 3.8) is 0 Å². The maximum Gasteiger partial charge on any atom is 0.252 e. The van der Waals surface area contributed by atoms with Crippen molar-refractivity contribution in [2.24, 2.45) is 5.92 Å². The summed E-state index contributed by atoms with van der Waals surface area (Å²) in [5, 5.41) is 13.8. The maximum absolute atomic E-state index is 13.1. The lowest BCUT2D eigenvalue weighted by Gasteiger charge is -2.38. The normalized spacial score (nSPS) is 15.8. The minimum atomic E-state index is -0.0167. The number of aryl methyl sites for hydroxylation is 2. The van der Waals surface area contributed by atoms with Crippen molar-refractivity contribution in [1.82, 2.24) is 30.1 Å². The number of tetrazole rings is 1. The number of fused-ring (bicyclic) bond motifs is 1. The van der Waals surface area contributed by atoms with Crippen LogP contribution in [-0.4, -0.2) is 49.8 Å². The molecule has 3 aromatic rings. The van der Waals surface area contributed by atoms with Crippen LogP contribution >= 0.6 is 0 Å². The summed E-state index contributed by atoms with van der Waals surface area (Å²) in [6.07, 6.45) is 4.69. The third kappa shape index (κ3) is 5.01. The van der Waals surface area contributed by atoms with Crippen LogP contribution in [0.1, 0.15) is 68.1 Å². The number of methoxy groups -OCH3 is 1. The molecule has 2 heterocycles. The lowest BCUT2D eigenvalue weighted by Crippen LogP contribution is -2.41. The van der Waals surface area contributed by atoms with E-state index in [2.05, 4.69) is 65.2 Å². The lowest BCUT2D eigenvalue weighted by atomic mass is 9.97. The molecule has 8 heteroatoms. The van der Waals surface area contributed by atoms with Crippen molar-refractivity contribution in [2.45, 2.75) is 78.6 Å². The van der Waals surface area contributed by atoms with Gasteiger partial charge >= 0.3 is 0 Å². The second-order valence-corrected chi connectivity index (χ2v) is 9.72. The van der Waals surface area contributed by atoms with Gasteiger partial charge in [0.15, 0.2) is 5.82 Å². The monoisotopic (exact) mass is 452 g/mol. The largest absolute Gasteiger partial charge is 0.383 e. The van der Waals surface area contributed by atoms with E-state index in [4.69, 9.17) is 4.74 Å². The molecule has 0 saturated heterocycles. The minimum absolute atomic E-state index is 0.00849. The fraction of sp³-hybridized carbons (Fsp3) is 0.600. The number of hydrogen-bond donors (Lipinski definition) is 1. The molecule has 8 nitrogen and oxygen atoms in total. The summed E-state index contributed by atoms with van der Waals surface area (Å²) in [6, 6.07) is 6.70. The predicted molar refractivity (Wildman–Crippen MR) is 129 cm³/mol. The topological polar surface area (TPSA) is 88.9 Å². The zero-order chi connectivity index (χ0) is 23.5. The molecule has 1 aliphatic rings. The molecule has 0 radical (unpaired) electrons. The van der Waals surface area contributed by atoms with E-state index in [0.717, 1.165) is 40.7 Å². The highest BCUT2D eigenvalue weighted by Crippen LogP contribution is 2.36. The van der Waals surface area contributed by atoms with Gasteiger partial charge in [0, 0.05) is 36.2 Å². The molecule has 1 N–H and O–H groups in total. The molecule has 2 aromatic heterocycles. The number of H-pyrrole nitrogens is 1. The first-order valence-electron chi connectivity index (χ1n) is 12.0. The Hall–Kier alpha value is -2.58. The van der Waals surface area contributed by atoms with Gasteiger partial charge in [-0.25, -0.2) is 4.68 Å². The maximum atomic E-state index is 13.1. The van der Waals surface area contributed by atoms with Gasteiger partial charge in [-0.2, -0.15) is 0 Å². The van der Waals surface area contributed by atoms with Crippen LogP contribution in [0.2, 0.25) is 0 Å². The molecular formula is C25H36N6O2. The predicted octanol–water partition coefficient (Wildman–Crippen LogP) is 3.92. The molecule has 178 valence electrons. The Labute approximate surface area is 195 Å². The summed E-state index contributed by atoms with van der Waals surface area (Å²) in [6.45, 7) is 10.3. The SMILES string of the molecule is COCCn1nnnc1C(C(C)C)N(Cc1cc2c(C)cc(C)cc2[nH]c1=O)C1CCCC1. The van der Waals surface area contributed by atoms with Gasteiger partial charge in [-0.3, -0.25) is 9.69 Å². The number of aromatic nitrogens is 5. The number of rotatable bonds is 9. The highest BCUT2D eigenvalue weighted by atomic mass is 16.5. The molecule has 1 aliphatic carbocycles. The summed E-state index contributed by atoms with van der Waals surface area (Å²) in [4.78, 5) is 18.8. The van der Waals surface area contributed by atoms with E-state index in [1.165, 1.54) is 18.4 Å². The molecule has 0 bridgehead atoms. The Morgan fingerprint density at radius 2 is 1.97 bits per heavy atom. The van der Waals surface area contributed by atoms with E-state index in [9.17, 15) is 4.79 Å². The van der Waals surface area contributed by atoms with Crippen molar-refractivity contribution < 1.29 is 4.74 Å². The standard InChI is InChI=1S/C25H36N6O2/c1-16(2)23(24-27-28-29-31(24)10-11-33-5)30(20-8-6-7-9-20)15-19-14-21-18(4)12-17(3)13-22(21)26-25(19)32/h12-14,16,20,23H,6-11,15H2,1-5H3,(H,26,32). The third-order valence-corrected chi connectivity index (χ3v) is 6.86. The molecule has 1 saturated carbocycles. The molecular weight excluding hydrogens is 416 g/mol. The Bertz CT molecular complexity index is 1150. The number of nitrogens with zero attached hydrogens (tertiary/aromatic N) is 5. The van der Waals surface area contributed by atoms with E-state index in [0.29, 0.717) is 25.7 Å². The second kappa shape index (κ2) is 10.1. The van der Waals surface area contributed by atoms with Crippen LogP contribution < -0.4 is 5.56 Å². The van der Waals surface area contributed by atoms with E-state index in [1.807, 2.05) is 10.7 Å². The average molecular weight is 453 g/mol. The van der Waals surface area contributed by atoms with Gasteiger partial charge in [-0.1, -0.05) is 32.8 Å². The first-order valence-corrected chi connectivity index (χ1v) is 12.0. The molecule has 4 rings (SSSR count). The van der Waals surface area contributed by atoms with Crippen molar-refractivity contribution in [3.8, 4) is 0 Å². The first kappa shape index (κ1) is 23.6. The fourth-order valence-electron chi connectivity index (χ4n) is 5.31.